The molecule has 1 aromatic carbocycles. The zero-order chi connectivity index (χ0) is 17.1. The van der Waals surface area contributed by atoms with Gasteiger partial charge in [-0.1, -0.05) is 13.8 Å². The van der Waals surface area contributed by atoms with Crippen LogP contribution in [-0.4, -0.2) is 53.7 Å². The molecule has 0 aromatic heterocycles. The fourth-order valence-electron chi connectivity index (χ4n) is 2.60. The Balaban J connectivity index is 2.12. The zero-order valence-corrected chi connectivity index (χ0v) is 15.1. The van der Waals surface area contributed by atoms with Crippen LogP contribution in [0.2, 0.25) is 0 Å². The average Bonchev–Trinajstić information content (AvgIpc) is 2.68. The number of ether oxygens (including phenoxy) is 2. The Morgan fingerprint density at radius 3 is 2.48 bits per heavy atom. The number of benzene rings is 1. The molecule has 1 aliphatic heterocycles. The SMILES string of the molecule is CN(C)CC(C)(C)CNS(=O)(=O)c1ccc2c(c1)OCCCO2. The monoisotopic (exact) mass is 342 g/mol. The molecule has 2 rings (SSSR count). The van der Waals surface area contributed by atoms with Crippen LogP contribution in [0.3, 0.4) is 0 Å². The molecule has 0 aliphatic carbocycles. The average molecular weight is 342 g/mol. The summed E-state index contributed by atoms with van der Waals surface area (Å²) in [4.78, 5) is 2.24. The van der Waals surface area contributed by atoms with E-state index in [-0.39, 0.29) is 10.3 Å². The summed E-state index contributed by atoms with van der Waals surface area (Å²) in [6.45, 7) is 6.32. The largest absolute Gasteiger partial charge is 0.490 e. The first-order chi connectivity index (χ1) is 10.7. The van der Waals surface area contributed by atoms with Gasteiger partial charge in [0.25, 0.3) is 0 Å². The standard InChI is InChI=1S/C16H26N2O4S/c1-16(2,12-18(3)4)11-17-23(19,20)13-6-7-14-15(10-13)22-9-5-8-21-14/h6-7,10,17H,5,8-9,11-12H2,1-4H3. The fraction of sp³-hybridized carbons (Fsp3) is 0.625. The molecule has 130 valence electrons. The second-order valence-corrected chi connectivity index (χ2v) is 8.65. The summed E-state index contributed by atoms with van der Waals surface area (Å²) in [7, 11) is 0.366. The zero-order valence-electron chi connectivity index (χ0n) is 14.3. The van der Waals surface area contributed by atoms with Crippen LogP contribution in [0.25, 0.3) is 0 Å². The highest BCUT2D eigenvalue weighted by Gasteiger charge is 2.24. The Morgan fingerprint density at radius 1 is 1.17 bits per heavy atom. The van der Waals surface area contributed by atoms with Gasteiger partial charge in [-0.05, 0) is 31.6 Å². The molecule has 7 heteroatoms. The molecular weight excluding hydrogens is 316 g/mol. The summed E-state index contributed by atoms with van der Waals surface area (Å²) in [5.41, 5.74) is -0.165. The van der Waals surface area contributed by atoms with E-state index in [0.717, 1.165) is 13.0 Å². The van der Waals surface area contributed by atoms with E-state index < -0.39 is 10.0 Å². The molecule has 0 spiro atoms. The van der Waals surface area contributed by atoms with Crippen molar-refractivity contribution >= 4 is 10.0 Å². The van der Waals surface area contributed by atoms with Crippen molar-refractivity contribution in [1.29, 1.82) is 0 Å². The van der Waals surface area contributed by atoms with Crippen LogP contribution in [0.5, 0.6) is 11.5 Å². The lowest BCUT2D eigenvalue weighted by molar-refractivity contribution is 0.242. The first kappa shape index (κ1) is 18.0. The Bertz CT molecular complexity index is 641. The molecule has 1 aromatic rings. The van der Waals surface area contributed by atoms with E-state index >= 15 is 0 Å². The second kappa shape index (κ2) is 7.07. The van der Waals surface area contributed by atoms with E-state index in [9.17, 15) is 8.42 Å². The van der Waals surface area contributed by atoms with Gasteiger partial charge in [0, 0.05) is 25.6 Å². The summed E-state index contributed by atoms with van der Waals surface area (Å²) >= 11 is 0. The topological polar surface area (TPSA) is 67.9 Å². The van der Waals surface area contributed by atoms with Crippen molar-refractivity contribution in [3.8, 4) is 11.5 Å². The first-order valence-electron chi connectivity index (χ1n) is 7.74. The van der Waals surface area contributed by atoms with Gasteiger partial charge in [0.2, 0.25) is 10.0 Å². The molecule has 0 amide bonds. The van der Waals surface area contributed by atoms with Crippen LogP contribution in [0.1, 0.15) is 20.3 Å². The normalized spacial score (nSPS) is 15.5. The summed E-state index contributed by atoms with van der Waals surface area (Å²) in [5, 5.41) is 0. The van der Waals surface area contributed by atoms with Crippen molar-refractivity contribution in [2.24, 2.45) is 5.41 Å². The van der Waals surface area contributed by atoms with Gasteiger partial charge >= 0.3 is 0 Å². The minimum atomic E-state index is -3.58. The van der Waals surface area contributed by atoms with E-state index in [1.807, 2.05) is 32.8 Å². The van der Waals surface area contributed by atoms with Crippen LogP contribution in [0.4, 0.5) is 0 Å². The van der Waals surface area contributed by atoms with E-state index in [1.165, 1.54) is 6.07 Å². The van der Waals surface area contributed by atoms with Gasteiger partial charge in [-0.25, -0.2) is 13.1 Å². The Kier molecular flexibility index (Phi) is 5.54. The molecule has 0 saturated carbocycles. The highest BCUT2D eigenvalue weighted by Crippen LogP contribution is 2.32. The lowest BCUT2D eigenvalue weighted by atomic mass is 9.93. The summed E-state index contributed by atoms with van der Waals surface area (Å²) < 4.78 is 38.8. The lowest BCUT2D eigenvalue weighted by Gasteiger charge is -2.28. The molecule has 0 saturated heterocycles. The molecule has 23 heavy (non-hydrogen) atoms. The maximum Gasteiger partial charge on any atom is 0.240 e. The summed E-state index contributed by atoms with van der Waals surface area (Å²) in [6.07, 6.45) is 0.785. The van der Waals surface area contributed by atoms with Crippen LogP contribution >= 0.6 is 0 Å². The predicted molar refractivity (Wildman–Crippen MR) is 89.6 cm³/mol. The van der Waals surface area contributed by atoms with Gasteiger partial charge in [-0.15, -0.1) is 0 Å². The lowest BCUT2D eigenvalue weighted by Crippen LogP contribution is -2.39. The molecule has 0 radical (unpaired) electrons. The van der Waals surface area contributed by atoms with Crippen molar-refractivity contribution in [3.05, 3.63) is 18.2 Å². The number of rotatable bonds is 6. The molecule has 1 aliphatic rings. The van der Waals surface area contributed by atoms with Gasteiger partial charge in [-0.3, -0.25) is 0 Å². The van der Waals surface area contributed by atoms with Crippen LogP contribution in [0, 0.1) is 5.41 Å². The van der Waals surface area contributed by atoms with Crippen molar-refractivity contribution in [3.63, 3.8) is 0 Å². The molecule has 0 atom stereocenters. The quantitative estimate of drug-likeness (QED) is 0.852. The van der Waals surface area contributed by atoms with Crippen molar-refractivity contribution in [2.45, 2.75) is 25.2 Å². The number of nitrogens with one attached hydrogen (secondary N) is 1. The van der Waals surface area contributed by atoms with Gasteiger partial charge in [0.15, 0.2) is 11.5 Å². The highest BCUT2D eigenvalue weighted by molar-refractivity contribution is 7.89. The molecule has 1 heterocycles. The van der Waals surface area contributed by atoms with Gasteiger partial charge in [0.05, 0.1) is 18.1 Å². The third-order valence-electron chi connectivity index (χ3n) is 3.51. The second-order valence-electron chi connectivity index (χ2n) is 6.89. The van der Waals surface area contributed by atoms with Crippen molar-refractivity contribution in [2.75, 3.05) is 40.4 Å². The molecule has 1 N–H and O–H groups in total. The number of fused-ring (bicyclic) bond motifs is 1. The maximum absolute atomic E-state index is 12.5. The summed E-state index contributed by atoms with van der Waals surface area (Å²) in [5.74, 6) is 1.08. The van der Waals surface area contributed by atoms with Crippen LogP contribution < -0.4 is 14.2 Å². The Labute approximate surface area is 138 Å². The molecular formula is C16H26N2O4S. The smallest absolute Gasteiger partial charge is 0.240 e. The minimum Gasteiger partial charge on any atom is -0.490 e. The fourth-order valence-corrected chi connectivity index (χ4v) is 3.85. The molecule has 0 bridgehead atoms. The molecule has 6 nitrogen and oxygen atoms in total. The van der Waals surface area contributed by atoms with E-state index in [2.05, 4.69) is 4.72 Å². The third kappa shape index (κ3) is 5.09. The van der Waals surface area contributed by atoms with Crippen LogP contribution in [-0.2, 0) is 10.0 Å². The van der Waals surface area contributed by atoms with Gasteiger partial charge in [0.1, 0.15) is 0 Å². The van der Waals surface area contributed by atoms with Gasteiger partial charge in [-0.2, -0.15) is 0 Å². The highest BCUT2D eigenvalue weighted by atomic mass is 32.2. The van der Waals surface area contributed by atoms with E-state index in [1.54, 1.807) is 12.1 Å². The van der Waals surface area contributed by atoms with Gasteiger partial charge < -0.3 is 14.4 Å². The van der Waals surface area contributed by atoms with Crippen LogP contribution in [0.15, 0.2) is 23.1 Å². The van der Waals surface area contributed by atoms with Crippen molar-refractivity contribution in [1.82, 2.24) is 9.62 Å². The Hall–Kier alpha value is -1.31. The minimum absolute atomic E-state index is 0.165. The first-order valence-corrected chi connectivity index (χ1v) is 9.22. The summed E-state index contributed by atoms with van der Waals surface area (Å²) in [6, 6.07) is 4.73. The maximum atomic E-state index is 12.5. The van der Waals surface area contributed by atoms with E-state index in [4.69, 9.17) is 9.47 Å². The molecule has 0 fully saturated rings. The number of hydrogen-bond acceptors (Lipinski definition) is 5. The number of sulfonamides is 1. The molecule has 0 unspecified atom stereocenters. The number of hydrogen-bond donors (Lipinski definition) is 1. The number of nitrogens with zero attached hydrogens (tertiary/aromatic N) is 1. The van der Waals surface area contributed by atoms with Crippen molar-refractivity contribution < 1.29 is 17.9 Å². The predicted octanol–water partition coefficient (Wildman–Crippen LogP) is 1.71. The van der Waals surface area contributed by atoms with E-state index in [0.29, 0.717) is 31.3 Å². The third-order valence-corrected chi connectivity index (χ3v) is 4.91. The Morgan fingerprint density at radius 2 is 1.83 bits per heavy atom.